The van der Waals surface area contributed by atoms with Crippen molar-refractivity contribution in [1.29, 1.82) is 0 Å². The Labute approximate surface area is 97.5 Å². The van der Waals surface area contributed by atoms with Crippen molar-refractivity contribution in [2.24, 2.45) is 17.6 Å². The molecule has 0 aromatic carbocycles. The van der Waals surface area contributed by atoms with Gasteiger partial charge in [-0.15, -0.1) is 0 Å². The van der Waals surface area contributed by atoms with E-state index in [4.69, 9.17) is 15.2 Å². The summed E-state index contributed by atoms with van der Waals surface area (Å²) in [5.41, 5.74) is 5.68. The third-order valence-corrected chi connectivity index (χ3v) is 3.19. The molecule has 4 nitrogen and oxygen atoms in total. The van der Waals surface area contributed by atoms with Gasteiger partial charge in [-0.2, -0.15) is 0 Å². The van der Waals surface area contributed by atoms with Crippen LogP contribution < -0.4 is 5.73 Å². The average Bonchev–Trinajstić information content (AvgIpc) is 2.34. The van der Waals surface area contributed by atoms with Gasteiger partial charge < -0.3 is 15.2 Å². The van der Waals surface area contributed by atoms with Gasteiger partial charge in [0.1, 0.15) is 6.61 Å². The third kappa shape index (κ3) is 4.10. The van der Waals surface area contributed by atoms with Crippen molar-refractivity contribution in [3.05, 3.63) is 0 Å². The van der Waals surface area contributed by atoms with Gasteiger partial charge in [-0.3, -0.25) is 4.79 Å². The second-order valence-electron chi connectivity index (χ2n) is 4.25. The van der Waals surface area contributed by atoms with Crippen molar-refractivity contribution in [3.63, 3.8) is 0 Å². The van der Waals surface area contributed by atoms with Crippen LogP contribution in [0.1, 0.15) is 32.6 Å². The highest BCUT2D eigenvalue weighted by Gasteiger charge is 2.30. The summed E-state index contributed by atoms with van der Waals surface area (Å²) in [6.45, 7) is 4.02. The van der Waals surface area contributed by atoms with Gasteiger partial charge in [-0.25, -0.2) is 0 Å². The Morgan fingerprint density at radius 2 is 2.06 bits per heavy atom. The van der Waals surface area contributed by atoms with E-state index in [1.807, 2.05) is 6.92 Å². The number of rotatable bonds is 6. The van der Waals surface area contributed by atoms with Crippen LogP contribution in [0.5, 0.6) is 0 Å². The lowest BCUT2D eigenvalue weighted by atomic mass is 9.79. The molecule has 0 radical (unpaired) electrons. The highest BCUT2D eigenvalue weighted by Crippen LogP contribution is 2.30. The van der Waals surface area contributed by atoms with Crippen molar-refractivity contribution >= 4 is 5.97 Å². The first-order chi connectivity index (χ1) is 7.79. The maximum atomic E-state index is 11.8. The molecule has 4 heteroatoms. The molecule has 1 fully saturated rings. The fraction of sp³-hybridized carbons (Fsp3) is 0.917. The molecular formula is C12H23NO3. The van der Waals surface area contributed by atoms with Crippen molar-refractivity contribution in [2.45, 2.75) is 32.6 Å². The number of carbonyl (C=O) groups excluding carboxylic acids is 1. The standard InChI is InChI=1S/C12H23NO3/c1-2-15-7-8-16-12(14)11-6-4-3-5-10(11)9-13/h10-11H,2-9,13H2,1H3. The van der Waals surface area contributed by atoms with Crippen molar-refractivity contribution in [2.75, 3.05) is 26.4 Å². The number of carbonyl (C=O) groups is 1. The third-order valence-electron chi connectivity index (χ3n) is 3.19. The molecule has 2 atom stereocenters. The summed E-state index contributed by atoms with van der Waals surface area (Å²) in [4.78, 5) is 11.8. The number of hydrogen-bond donors (Lipinski definition) is 1. The number of esters is 1. The molecule has 0 saturated heterocycles. The zero-order valence-electron chi connectivity index (χ0n) is 10.1. The lowest BCUT2D eigenvalue weighted by molar-refractivity contribution is -0.153. The lowest BCUT2D eigenvalue weighted by Gasteiger charge is -2.28. The smallest absolute Gasteiger partial charge is 0.309 e. The Kier molecular flexibility index (Phi) is 6.42. The first kappa shape index (κ1) is 13.5. The number of nitrogens with two attached hydrogens (primary N) is 1. The fourth-order valence-electron chi connectivity index (χ4n) is 2.25. The monoisotopic (exact) mass is 229 g/mol. The molecule has 0 aromatic heterocycles. The summed E-state index contributed by atoms with van der Waals surface area (Å²) in [5, 5.41) is 0. The van der Waals surface area contributed by atoms with E-state index in [0.29, 0.717) is 32.3 Å². The van der Waals surface area contributed by atoms with E-state index in [9.17, 15) is 4.79 Å². The molecule has 2 N–H and O–H groups in total. The molecule has 0 heterocycles. The molecule has 0 spiro atoms. The SMILES string of the molecule is CCOCCOC(=O)C1CCCCC1CN. The Hall–Kier alpha value is -0.610. The maximum absolute atomic E-state index is 11.8. The van der Waals surface area contributed by atoms with E-state index in [1.165, 1.54) is 6.42 Å². The first-order valence-corrected chi connectivity index (χ1v) is 6.24. The van der Waals surface area contributed by atoms with Gasteiger partial charge in [0.15, 0.2) is 0 Å². The van der Waals surface area contributed by atoms with E-state index >= 15 is 0 Å². The second kappa shape index (κ2) is 7.63. The molecular weight excluding hydrogens is 206 g/mol. The molecule has 94 valence electrons. The van der Waals surface area contributed by atoms with Crippen LogP contribution in [0.25, 0.3) is 0 Å². The minimum atomic E-state index is -0.0881. The van der Waals surface area contributed by atoms with Crippen molar-refractivity contribution in [3.8, 4) is 0 Å². The number of ether oxygens (including phenoxy) is 2. The zero-order chi connectivity index (χ0) is 11.8. The molecule has 1 rings (SSSR count). The molecule has 1 saturated carbocycles. The average molecular weight is 229 g/mol. The van der Waals surface area contributed by atoms with Crippen LogP contribution in [0.4, 0.5) is 0 Å². The Morgan fingerprint density at radius 1 is 1.31 bits per heavy atom. The van der Waals surface area contributed by atoms with Gasteiger partial charge in [0.25, 0.3) is 0 Å². The highest BCUT2D eigenvalue weighted by atomic mass is 16.6. The van der Waals surface area contributed by atoms with Gasteiger partial charge in [0, 0.05) is 6.61 Å². The van der Waals surface area contributed by atoms with Gasteiger partial charge in [0.2, 0.25) is 0 Å². The van der Waals surface area contributed by atoms with Crippen LogP contribution in [-0.4, -0.2) is 32.3 Å². The summed E-state index contributed by atoms with van der Waals surface area (Å²) in [7, 11) is 0. The van der Waals surface area contributed by atoms with Crippen molar-refractivity contribution in [1.82, 2.24) is 0 Å². The summed E-state index contributed by atoms with van der Waals surface area (Å²) in [5.74, 6) is 0.239. The molecule has 1 aliphatic carbocycles. The van der Waals surface area contributed by atoms with Gasteiger partial charge in [0.05, 0.1) is 12.5 Å². The fourth-order valence-corrected chi connectivity index (χ4v) is 2.25. The van der Waals surface area contributed by atoms with Gasteiger partial charge in [-0.1, -0.05) is 12.8 Å². The molecule has 0 bridgehead atoms. The summed E-state index contributed by atoms with van der Waals surface area (Å²) < 4.78 is 10.3. The molecule has 0 amide bonds. The summed E-state index contributed by atoms with van der Waals surface area (Å²) in [6, 6.07) is 0. The predicted molar refractivity (Wildman–Crippen MR) is 62.0 cm³/mol. The topological polar surface area (TPSA) is 61.5 Å². The Balaban J connectivity index is 2.27. The Morgan fingerprint density at radius 3 is 2.75 bits per heavy atom. The molecule has 16 heavy (non-hydrogen) atoms. The van der Waals surface area contributed by atoms with Crippen LogP contribution in [0.15, 0.2) is 0 Å². The largest absolute Gasteiger partial charge is 0.463 e. The number of hydrogen-bond acceptors (Lipinski definition) is 4. The molecule has 1 aliphatic rings. The molecule has 2 unspecified atom stereocenters. The van der Waals surface area contributed by atoms with Crippen LogP contribution >= 0.6 is 0 Å². The quantitative estimate of drug-likeness (QED) is 0.551. The lowest BCUT2D eigenvalue weighted by Crippen LogP contribution is -2.33. The van der Waals surface area contributed by atoms with Gasteiger partial charge in [-0.05, 0) is 32.2 Å². The van der Waals surface area contributed by atoms with E-state index < -0.39 is 0 Å². The normalized spacial score (nSPS) is 25.4. The van der Waals surface area contributed by atoms with Crippen LogP contribution in [0.2, 0.25) is 0 Å². The van der Waals surface area contributed by atoms with E-state index in [0.717, 1.165) is 19.3 Å². The summed E-state index contributed by atoms with van der Waals surface area (Å²) in [6.07, 6.45) is 4.28. The maximum Gasteiger partial charge on any atom is 0.309 e. The minimum Gasteiger partial charge on any atom is -0.463 e. The predicted octanol–water partition coefficient (Wildman–Crippen LogP) is 1.33. The van der Waals surface area contributed by atoms with Crippen LogP contribution in [0.3, 0.4) is 0 Å². The molecule has 0 aliphatic heterocycles. The van der Waals surface area contributed by atoms with Crippen LogP contribution in [-0.2, 0) is 14.3 Å². The highest BCUT2D eigenvalue weighted by molar-refractivity contribution is 5.72. The van der Waals surface area contributed by atoms with E-state index in [-0.39, 0.29) is 11.9 Å². The van der Waals surface area contributed by atoms with Crippen LogP contribution in [0, 0.1) is 11.8 Å². The van der Waals surface area contributed by atoms with E-state index in [1.54, 1.807) is 0 Å². The minimum absolute atomic E-state index is 0.0142. The summed E-state index contributed by atoms with van der Waals surface area (Å²) >= 11 is 0. The zero-order valence-corrected chi connectivity index (χ0v) is 10.1. The van der Waals surface area contributed by atoms with Crippen molar-refractivity contribution < 1.29 is 14.3 Å². The molecule has 0 aromatic rings. The Bertz CT molecular complexity index is 208. The van der Waals surface area contributed by atoms with Gasteiger partial charge >= 0.3 is 5.97 Å². The van der Waals surface area contributed by atoms with E-state index in [2.05, 4.69) is 0 Å². The second-order valence-corrected chi connectivity index (χ2v) is 4.25. The first-order valence-electron chi connectivity index (χ1n) is 6.24.